The van der Waals surface area contributed by atoms with Crippen LogP contribution in [0.1, 0.15) is 38.3 Å². The molecule has 0 unspecified atom stereocenters. The van der Waals surface area contributed by atoms with E-state index in [1.807, 2.05) is 0 Å². The molecule has 2 rings (SSSR count). The molecule has 2 heterocycles. The summed E-state index contributed by atoms with van der Waals surface area (Å²) < 4.78 is 37.8. The average molecular weight is 329 g/mol. The summed E-state index contributed by atoms with van der Waals surface area (Å²) in [4.78, 5) is 28.6. The van der Waals surface area contributed by atoms with Gasteiger partial charge in [-0.05, 0) is 31.4 Å². The first-order chi connectivity index (χ1) is 10.8. The number of aromatic nitrogens is 1. The lowest BCUT2D eigenvalue weighted by atomic mass is 9.99. The second-order valence-electron chi connectivity index (χ2n) is 5.52. The van der Waals surface area contributed by atoms with Crippen molar-refractivity contribution in [3.63, 3.8) is 0 Å². The van der Waals surface area contributed by atoms with E-state index in [-0.39, 0.29) is 24.2 Å². The van der Waals surface area contributed by atoms with Gasteiger partial charge in [-0.3, -0.25) is 9.59 Å². The van der Waals surface area contributed by atoms with Crippen molar-refractivity contribution in [2.75, 3.05) is 11.9 Å². The molecule has 1 aromatic rings. The first kappa shape index (κ1) is 17.2. The van der Waals surface area contributed by atoms with E-state index in [2.05, 4.69) is 10.3 Å². The van der Waals surface area contributed by atoms with E-state index in [9.17, 15) is 22.8 Å². The van der Waals surface area contributed by atoms with Gasteiger partial charge in [0.2, 0.25) is 11.8 Å². The number of carbonyl (C=O) groups excluding carboxylic acids is 2. The molecule has 1 aromatic heterocycles. The molecule has 23 heavy (non-hydrogen) atoms. The van der Waals surface area contributed by atoms with Gasteiger partial charge in [0, 0.05) is 25.9 Å². The van der Waals surface area contributed by atoms with Gasteiger partial charge in [0.25, 0.3) is 0 Å². The number of pyridine rings is 1. The normalized spacial score (nSPS) is 18.6. The highest BCUT2D eigenvalue weighted by Crippen LogP contribution is 2.28. The number of anilines is 1. The summed E-state index contributed by atoms with van der Waals surface area (Å²) in [6.45, 7) is 2.06. The highest BCUT2D eigenvalue weighted by molar-refractivity contribution is 5.90. The Morgan fingerprint density at radius 1 is 1.35 bits per heavy atom. The van der Waals surface area contributed by atoms with Crippen molar-refractivity contribution in [3.05, 3.63) is 23.9 Å². The van der Waals surface area contributed by atoms with E-state index in [4.69, 9.17) is 0 Å². The highest BCUT2D eigenvalue weighted by Gasteiger charge is 2.32. The molecule has 2 amide bonds. The lowest BCUT2D eigenvalue weighted by molar-refractivity contribution is -0.141. The van der Waals surface area contributed by atoms with Gasteiger partial charge >= 0.3 is 6.18 Å². The van der Waals surface area contributed by atoms with Gasteiger partial charge in [-0.15, -0.1) is 0 Å². The van der Waals surface area contributed by atoms with Crippen LogP contribution in [0.2, 0.25) is 0 Å². The third kappa shape index (κ3) is 4.67. The van der Waals surface area contributed by atoms with Crippen molar-refractivity contribution >= 4 is 17.6 Å². The Bertz CT molecular complexity index is 590. The minimum atomic E-state index is -4.56. The van der Waals surface area contributed by atoms with E-state index < -0.39 is 17.8 Å². The van der Waals surface area contributed by atoms with Gasteiger partial charge in [-0.1, -0.05) is 6.07 Å². The number of likely N-dealkylation sites (tertiary alicyclic amines) is 1. The number of piperidine rings is 1. The zero-order chi connectivity index (χ0) is 17.0. The van der Waals surface area contributed by atoms with Crippen molar-refractivity contribution in [2.24, 2.45) is 0 Å². The molecule has 5 nitrogen and oxygen atoms in total. The van der Waals surface area contributed by atoms with Crippen LogP contribution in [0.25, 0.3) is 0 Å². The lowest BCUT2D eigenvalue weighted by Crippen LogP contribution is -2.44. The Labute approximate surface area is 131 Å². The topological polar surface area (TPSA) is 62.3 Å². The summed E-state index contributed by atoms with van der Waals surface area (Å²) >= 11 is 0. The minimum absolute atomic E-state index is 0.0531. The smallest absolute Gasteiger partial charge is 0.339 e. The van der Waals surface area contributed by atoms with Gasteiger partial charge in [0.1, 0.15) is 11.5 Å². The van der Waals surface area contributed by atoms with E-state index >= 15 is 0 Å². The molecule has 1 fully saturated rings. The molecule has 1 aliphatic rings. The van der Waals surface area contributed by atoms with Crippen molar-refractivity contribution < 1.29 is 22.8 Å². The summed E-state index contributed by atoms with van der Waals surface area (Å²) in [6.07, 6.45) is -1.98. The Balaban J connectivity index is 2.00. The number of nitrogens with zero attached hydrogens (tertiary/aromatic N) is 2. The van der Waals surface area contributed by atoms with Gasteiger partial charge < -0.3 is 10.2 Å². The molecule has 0 spiro atoms. The predicted molar refractivity (Wildman–Crippen MR) is 77.5 cm³/mol. The second kappa shape index (κ2) is 6.97. The number of hydrogen-bond acceptors (Lipinski definition) is 3. The summed E-state index contributed by atoms with van der Waals surface area (Å²) in [5.74, 6) is -0.690. The summed E-state index contributed by atoms with van der Waals surface area (Å²) in [6, 6.07) is 3.12. The van der Waals surface area contributed by atoms with Crippen LogP contribution in [-0.2, 0) is 15.8 Å². The number of amides is 2. The van der Waals surface area contributed by atoms with Crippen molar-refractivity contribution in [1.29, 1.82) is 0 Å². The molecule has 0 bridgehead atoms. The SMILES string of the molecule is CC(=O)N1CCCC[C@H]1CC(=O)Nc1cccc(C(F)(F)F)n1. The molecule has 1 aliphatic heterocycles. The van der Waals surface area contributed by atoms with Gasteiger partial charge in [-0.25, -0.2) is 4.98 Å². The maximum absolute atomic E-state index is 12.6. The third-order valence-electron chi connectivity index (χ3n) is 3.76. The molecule has 0 saturated carbocycles. The zero-order valence-electron chi connectivity index (χ0n) is 12.7. The first-order valence-corrected chi connectivity index (χ1v) is 7.38. The molecule has 1 saturated heterocycles. The molecule has 0 aromatic carbocycles. The fraction of sp³-hybridized carbons (Fsp3) is 0.533. The largest absolute Gasteiger partial charge is 0.433 e. The molecule has 1 atom stereocenters. The number of rotatable bonds is 3. The van der Waals surface area contributed by atoms with E-state index in [1.165, 1.54) is 19.1 Å². The summed E-state index contributed by atoms with van der Waals surface area (Å²) in [7, 11) is 0. The van der Waals surface area contributed by atoms with E-state index in [0.29, 0.717) is 13.0 Å². The number of alkyl halides is 3. The molecular weight excluding hydrogens is 311 g/mol. The average Bonchev–Trinajstić information content (AvgIpc) is 2.46. The maximum atomic E-state index is 12.6. The molecule has 0 aliphatic carbocycles. The Hall–Kier alpha value is -2.12. The van der Waals surface area contributed by atoms with Crippen LogP contribution in [0.15, 0.2) is 18.2 Å². The number of nitrogens with one attached hydrogen (secondary N) is 1. The summed E-state index contributed by atoms with van der Waals surface area (Å²) in [5, 5.41) is 2.37. The van der Waals surface area contributed by atoms with Gasteiger partial charge in [0.05, 0.1) is 0 Å². The Kier molecular flexibility index (Phi) is 5.23. The summed E-state index contributed by atoms with van der Waals surface area (Å²) in [5.41, 5.74) is -1.06. The fourth-order valence-corrected chi connectivity index (χ4v) is 2.70. The Morgan fingerprint density at radius 3 is 2.74 bits per heavy atom. The van der Waals surface area contributed by atoms with Crippen LogP contribution < -0.4 is 5.32 Å². The lowest BCUT2D eigenvalue weighted by Gasteiger charge is -2.34. The van der Waals surface area contributed by atoms with Crippen LogP contribution in [0, 0.1) is 0 Å². The van der Waals surface area contributed by atoms with E-state index in [1.54, 1.807) is 4.90 Å². The number of carbonyl (C=O) groups is 2. The predicted octanol–water partition coefficient (Wildman–Crippen LogP) is 2.83. The van der Waals surface area contributed by atoms with Gasteiger partial charge in [0.15, 0.2) is 0 Å². The molecule has 1 N–H and O–H groups in total. The van der Waals surface area contributed by atoms with Crippen molar-refractivity contribution in [2.45, 2.75) is 44.8 Å². The molecule has 0 radical (unpaired) electrons. The van der Waals surface area contributed by atoms with Crippen LogP contribution in [0.4, 0.5) is 19.0 Å². The van der Waals surface area contributed by atoms with E-state index in [0.717, 1.165) is 18.9 Å². The van der Waals surface area contributed by atoms with Crippen LogP contribution in [-0.4, -0.2) is 34.3 Å². The van der Waals surface area contributed by atoms with Crippen LogP contribution in [0.3, 0.4) is 0 Å². The Morgan fingerprint density at radius 2 is 2.09 bits per heavy atom. The standard InChI is InChI=1S/C15H18F3N3O2/c1-10(22)21-8-3-2-5-11(21)9-14(23)20-13-7-4-6-12(19-13)15(16,17)18/h4,6-7,11H,2-3,5,8-9H2,1H3,(H,19,20,23)/t11-/m0/s1. The molecule has 8 heteroatoms. The molecule has 126 valence electrons. The molecular formula is C15H18F3N3O2. The fourth-order valence-electron chi connectivity index (χ4n) is 2.70. The monoisotopic (exact) mass is 329 g/mol. The van der Waals surface area contributed by atoms with Crippen LogP contribution in [0.5, 0.6) is 0 Å². The maximum Gasteiger partial charge on any atom is 0.433 e. The van der Waals surface area contributed by atoms with Crippen molar-refractivity contribution in [3.8, 4) is 0 Å². The minimum Gasteiger partial charge on any atom is -0.339 e. The highest BCUT2D eigenvalue weighted by atomic mass is 19.4. The van der Waals surface area contributed by atoms with Gasteiger partial charge in [-0.2, -0.15) is 13.2 Å². The second-order valence-corrected chi connectivity index (χ2v) is 5.52. The quantitative estimate of drug-likeness (QED) is 0.927. The number of hydrogen-bond donors (Lipinski definition) is 1. The third-order valence-corrected chi connectivity index (χ3v) is 3.76. The zero-order valence-corrected chi connectivity index (χ0v) is 12.7. The van der Waals surface area contributed by atoms with Crippen molar-refractivity contribution in [1.82, 2.24) is 9.88 Å². The number of halogens is 3. The first-order valence-electron chi connectivity index (χ1n) is 7.38. The van der Waals surface area contributed by atoms with Crippen LogP contribution >= 0.6 is 0 Å².